The minimum Gasteiger partial charge on any atom is -0.493 e. The van der Waals surface area contributed by atoms with Crippen LogP contribution in [-0.4, -0.2) is 32.0 Å². The van der Waals surface area contributed by atoms with E-state index < -0.39 is 0 Å². The lowest BCUT2D eigenvalue weighted by molar-refractivity contribution is 0.0778. The van der Waals surface area contributed by atoms with Gasteiger partial charge < -0.3 is 10.0 Å². The fraction of sp³-hybridized carbons (Fsp3) is 0.238. The number of fused-ring (bicyclic) bond motifs is 1. The molecule has 1 aliphatic heterocycles. The van der Waals surface area contributed by atoms with Crippen molar-refractivity contribution in [3.63, 3.8) is 0 Å². The fourth-order valence-corrected chi connectivity index (χ4v) is 3.55. The van der Waals surface area contributed by atoms with Crippen molar-refractivity contribution in [2.24, 2.45) is 0 Å². The fourth-order valence-electron chi connectivity index (χ4n) is 3.55. The van der Waals surface area contributed by atoms with Crippen molar-refractivity contribution in [1.82, 2.24) is 14.5 Å². The van der Waals surface area contributed by atoms with Gasteiger partial charge in [-0.3, -0.25) is 14.3 Å². The molecule has 0 spiro atoms. The molecule has 138 valence electrons. The van der Waals surface area contributed by atoms with Crippen LogP contribution in [0.15, 0.2) is 53.5 Å². The van der Waals surface area contributed by atoms with Gasteiger partial charge in [-0.25, -0.2) is 4.79 Å². The third kappa shape index (κ3) is 3.26. The lowest BCUT2D eigenvalue weighted by Gasteiger charge is -2.13. The van der Waals surface area contributed by atoms with Gasteiger partial charge in [-0.1, -0.05) is 37.3 Å². The number of hydrogen-bond donors (Lipinski definition) is 2. The van der Waals surface area contributed by atoms with Gasteiger partial charge in [0.25, 0.3) is 5.91 Å². The van der Waals surface area contributed by atoms with Crippen molar-refractivity contribution in [3.05, 3.63) is 75.8 Å². The van der Waals surface area contributed by atoms with Crippen molar-refractivity contribution in [1.29, 1.82) is 0 Å². The molecule has 6 nitrogen and oxygen atoms in total. The Bertz CT molecular complexity index is 1050. The number of H-pyrrole nitrogens is 1. The van der Waals surface area contributed by atoms with Gasteiger partial charge in [0.15, 0.2) is 0 Å². The molecule has 1 amide bonds. The van der Waals surface area contributed by atoms with Crippen LogP contribution in [0.4, 0.5) is 0 Å². The van der Waals surface area contributed by atoms with E-state index in [1.165, 1.54) is 10.8 Å². The van der Waals surface area contributed by atoms with Gasteiger partial charge in [0, 0.05) is 18.7 Å². The summed E-state index contributed by atoms with van der Waals surface area (Å²) in [5.41, 5.74) is 4.64. The average molecular weight is 363 g/mol. The zero-order chi connectivity index (χ0) is 19.0. The molecule has 1 aromatic heterocycles. The topological polar surface area (TPSA) is 78.3 Å². The Hall–Kier alpha value is -3.28. The highest BCUT2D eigenvalue weighted by molar-refractivity contribution is 5.99. The van der Waals surface area contributed by atoms with Crippen molar-refractivity contribution in [2.75, 3.05) is 6.54 Å². The van der Waals surface area contributed by atoms with E-state index in [4.69, 9.17) is 0 Å². The summed E-state index contributed by atoms with van der Waals surface area (Å²) in [6.45, 7) is 3.92. The predicted molar refractivity (Wildman–Crippen MR) is 103 cm³/mol. The number of nitrogens with zero attached hydrogens (tertiary/aromatic N) is 2. The molecule has 0 saturated carbocycles. The standard InChI is InChI=1S/C21H21N3O3/c1-2-9-23-12-17-10-16(7-8-18(17)20(23)26)15-5-3-14(4-6-15)11-24-13-19(25)22-21(24)27/h3-8,10,13,25H,2,9,11-12H2,1H3,(H,22,27). The first-order valence-corrected chi connectivity index (χ1v) is 9.05. The molecule has 0 atom stereocenters. The van der Waals surface area contributed by atoms with Gasteiger partial charge in [-0.15, -0.1) is 0 Å². The zero-order valence-electron chi connectivity index (χ0n) is 15.1. The molecule has 2 heterocycles. The highest BCUT2D eigenvalue weighted by atomic mass is 16.3. The molecule has 2 N–H and O–H groups in total. The summed E-state index contributed by atoms with van der Waals surface area (Å²) < 4.78 is 1.42. The van der Waals surface area contributed by atoms with Crippen LogP contribution in [0.2, 0.25) is 0 Å². The minimum absolute atomic E-state index is 0.119. The van der Waals surface area contributed by atoms with E-state index in [0.29, 0.717) is 13.1 Å². The second kappa shape index (κ2) is 6.79. The van der Waals surface area contributed by atoms with Crippen LogP contribution in [-0.2, 0) is 13.1 Å². The molecule has 4 rings (SSSR count). The number of carbonyl (C=O) groups excluding carboxylic acids is 1. The second-order valence-electron chi connectivity index (χ2n) is 6.87. The molecular weight excluding hydrogens is 342 g/mol. The summed E-state index contributed by atoms with van der Waals surface area (Å²) in [5, 5.41) is 9.35. The third-order valence-corrected chi connectivity index (χ3v) is 4.89. The Morgan fingerprint density at radius 2 is 1.81 bits per heavy atom. The normalized spacial score (nSPS) is 13.2. The number of imidazole rings is 1. The van der Waals surface area contributed by atoms with E-state index in [-0.39, 0.29) is 17.5 Å². The molecule has 0 unspecified atom stereocenters. The number of aromatic hydroxyl groups is 1. The Morgan fingerprint density at radius 3 is 2.48 bits per heavy atom. The molecule has 0 bridgehead atoms. The van der Waals surface area contributed by atoms with Gasteiger partial charge in [-0.2, -0.15) is 0 Å². The van der Waals surface area contributed by atoms with Gasteiger partial charge in [0.1, 0.15) is 0 Å². The summed E-state index contributed by atoms with van der Waals surface area (Å²) in [5.74, 6) is -0.0182. The van der Waals surface area contributed by atoms with Crippen molar-refractivity contribution in [2.45, 2.75) is 26.4 Å². The second-order valence-corrected chi connectivity index (χ2v) is 6.87. The maximum Gasteiger partial charge on any atom is 0.328 e. The van der Waals surface area contributed by atoms with E-state index in [2.05, 4.69) is 18.0 Å². The molecular formula is C21H21N3O3. The lowest BCUT2D eigenvalue weighted by Crippen LogP contribution is -2.24. The number of amides is 1. The van der Waals surface area contributed by atoms with Crippen LogP contribution < -0.4 is 5.69 Å². The Kier molecular flexibility index (Phi) is 4.32. The van der Waals surface area contributed by atoms with Crippen LogP contribution in [0.3, 0.4) is 0 Å². The summed E-state index contributed by atoms with van der Waals surface area (Å²) >= 11 is 0. The minimum atomic E-state index is -0.337. The lowest BCUT2D eigenvalue weighted by atomic mass is 9.99. The summed E-state index contributed by atoms with van der Waals surface area (Å²) in [6.07, 6.45) is 2.34. The Labute approximate surface area is 156 Å². The molecule has 2 aromatic carbocycles. The molecule has 0 radical (unpaired) electrons. The summed E-state index contributed by atoms with van der Waals surface area (Å²) in [4.78, 5) is 28.2. The monoisotopic (exact) mass is 363 g/mol. The van der Waals surface area contributed by atoms with Crippen LogP contribution in [0.1, 0.15) is 34.8 Å². The van der Waals surface area contributed by atoms with Crippen LogP contribution in [0, 0.1) is 0 Å². The van der Waals surface area contributed by atoms with Gasteiger partial charge in [-0.05, 0) is 40.8 Å². The van der Waals surface area contributed by atoms with Crippen LogP contribution in [0.5, 0.6) is 5.88 Å². The van der Waals surface area contributed by atoms with Gasteiger partial charge in [0.2, 0.25) is 5.88 Å². The van der Waals surface area contributed by atoms with Crippen molar-refractivity contribution < 1.29 is 9.90 Å². The highest BCUT2D eigenvalue weighted by Gasteiger charge is 2.26. The van der Waals surface area contributed by atoms with Crippen molar-refractivity contribution in [3.8, 4) is 17.0 Å². The quantitative estimate of drug-likeness (QED) is 0.731. The first-order chi connectivity index (χ1) is 13.0. The number of hydrogen-bond acceptors (Lipinski definition) is 3. The zero-order valence-corrected chi connectivity index (χ0v) is 15.1. The highest BCUT2D eigenvalue weighted by Crippen LogP contribution is 2.29. The number of nitrogens with one attached hydrogen (secondary N) is 1. The molecule has 0 saturated heterocycles. The van der Waals surface area contributed by atoms with Gasteiger partial charge >= 0.3 is 5.69 Å². The van der Waals surface area contributed by atoms with E-state index in [9.17, 15) is 14.7 Å². The summed E-state index contributed by atoms with van der Waals surface area (Å²) in [7, 11) is 0. The Balaban J connectivity index is 1.55. The third-order valence-electron chi connectivity index (χ3n) is 4.89. The number of aromatic amines is 1. The Morgan fingerprint density at radius 1 is 1.07 bits per heavy atom. The van der Waals surface area contributed by atoms with E-state index in [1.807, 2.05) is 41.3 Å². The molecule has 3 aromatic rings. The van der Waals surface area contributed by atoms with Crippen LogP contribution >= 0.6 is 0 Å². The predicted octanol–water partition coefficient (Wildman–Crippen LogP) is 2.96. The number of benzene rings is 2. The maximum atomic E-state index is 12.4. The SMILES string of the molecule is CCCN1Cc2cc(-c3ccc(Cn4cc(O)[nH]c4=O)cc3)ccc2C1=O. The molecule has 0 aliphatic carbocycles. The smallest absolute Gasteiger partial charge is 0.328 e. The average Bonchev–Trinajstić information content (AvgIpc) is 3.14. The van der Waals surface area contributed by atoms with Crippen molar-refractivity contribution >= 4 is 5.91 Å². The molecule has 1 aliphatic rings. The van der Waals surface area contributed by atoms with E-state index in [1.54, 1.807) is 0 Å². The number of rotatable bonds is 5. The van der Waals surface area contributed by atoms with E-state index >= 15 is 0 Å². The molecule has 6 heteroatoms. The first kappa shape index (κ1) is 17.1. The molecule has 27 heavy (non-hydrogen) atoms. The summed E-state index contributed by atoms with van der Waals surface area (Å²) in [6, 6.07) is 13.9. The number of carbonyl (C=O) groups is 1. The van der Waals surface area contributed by atoms with Gasteiger partial charge in [0.05, 0.1) is 12.7 Å². The maximum absolute atomic E-state index is 12.4. The number of aromatic nitrogens is 2. The molecule has 0 fully saturated rings. The largest absolute Gasteiger partial charge is 0.493 e. The van der Waals surface area contributed by atoms with Crippen LogP contribution in [0.25, 0.3) is 11.1 Å². The first-order valence-electron chi connectivity index (χ1n) is 9.05. The van der Waals surface area contributed by atoms with E-state index in [0.717, 1.165) is 40.8 Å².